The topological polar surface area (TPSA) is 80.7 Å². The van der Waals surface area contributed by atoms with Crippen LogP contribution in [0.2, 0.25) is 0 Å². The Morgan fingerprint density at radius 2 is 1.71 bits per heavy atom. The van der Waals surface area contributed by atoms with E-state index in [4.69, 9.17) is 14.4 Å². The molecule has 0 bridgehead atoms. The quantitative estimate of drug-likeness (QED) is 0.770. The van der Waals surface area contributed by atoms with E-state index in [1.165, 1.54) is 0 Å². The van der Waals surface area contributed by atoms with Crippen molar-refractivity contribution in [3.8, 4) is 0 Å². The second kappa shape index (κ2) is 7.11. The zero-order chi connectivity index (χ0) is 18.8. The number of pyridine rings is 1. The van der Waals surface area contributed by atoms with Crippen LogP contribution >= 0.6 is 0 Å². The van der Waals surface area contributed by atoms with Crippen LogP contribution in [0.3, 0.4) is 0 Å². The van der Waals surface area contributed by atoms with Crippen LogP contribution in [0.4, 0.5) is 4.79 Å². The van der Waals surface area contributed by atoms with E-state index in [0.717, 1.165) is 11.0 Å². The molecule has 1 saturated heterocycles. The predicted octanol–water partition coefficient (Wildman–Crippen LogP) is 2.99. The summed E-state index contributed by atoms with van der Waals surface area (Å²) in [6.45, 7) is 15.6. The number of carbonyl (C=O) groups is 1. The molecule has 24 heavy (non-hydrogen) atoms. The molecule has 1 fully saturated rings. The van der Waals surface area contributed by atoms with E-state index in [9.17, 15) is 4.79 Å². The van der Waals surface area contributed by atoms with Crippen molar-refractivity contribution < 1.29 is 20.6 Å². The van der Waals surface area contributed by atoms with Gasteiger partial charge in [-0.3, -0.25) is 4.98 Å². The molecular formula is C17H31BN2O4. The summed E-state index contributed by atoms with van der Waals surface area (Å²) in [6.07, 6.45) is 2.65. The molecule has 1 aliphatic heterocycles. The standard InChI is InChI=1S/C12H18BNO2.C5H11NO2.H2/c1-9-6-10(8-14-7-9)13-15-11(2,3)12(4,5)16-13;1-5(2,3)6-4(7)8;/h6-8H,1-5H3;6H,1-3H3,(H,7,8);1H. The maximum atomic E-state index is 9.90. The highest BCUT2D eigenvalue weighted by Crippen LogP contribution is 2.36. The minimum atomic E-state index is -0.975. The van der Waals surface area contributed by atoms with E-state index < -0.39 is 6.09 Å². The van der Waals surface area contributed by atoms with Crippen LogP contribution < -0.4 is 10.8 Å². The SMILES string of the molecule is CC(C)(C)NC(=O)O.Cc1cncc(B2OC(C)(C)C(C)(C)O2)c1.[HH]. The number of amides is 1. The summed E-state index contributed by atoms with van der Waals surface area (Å²) in [5, 5.41) is 10.4. The lowest BCUT2D eigenvalue weighted by Gasteiger charge is -2.32. The molecule has 7 heteroatoms. The summed E-state index contributed by atoms with van der Waals surface area (Å²) in [6, 6.07) is 2.05. The normalized spacial score (nSPS) is 18.6. The Hall–Kier alpha value is -1.60. The van der Waals surface area contributed by atoms with Gasteiger partial charge < -0.3 is 19.7 Å². The molecule has 1 amide bonds. The molecule has 0 unspecified atom stereocenters. The van der Waals surface area contributed by atoms with Gasteiger partial charge in [-0.1, -0.05) is 6.07 Å². The van der Waals surface area contributed by atoms with E-state index in [1.807, 2.05) is 13.1 Å². The van der Waals surface area contributed by atoms with Crippen molar-refractivity contribution in [2.45, 2.75) is 72.1 Å². The Labute approximate surface area is 146 Å². The highest BCUT2D eigenvalue weighted by atomic mass is 16.7. The number of rotatable bonds is 1. The maximum Gasteiger partial charge on any atom is 0.496 e. The number of aryl methyl sites for hydroxylation is 1. The molecule has 1 aliphatic rings. The lowest BCUT2D eigenvalue weighted by molar-refractivity contribution is 0.00578. The third-order valence-corrected chi connectivity index (χ3v) is 3.90. The van der Waals surface area contributed by atoms with Crippen LogP contribution in [0.5, 0.6) is 0 Å². The fraction of sp³-hybridized carbons (Fsp3) is 0.647. The maximum absolute atomic E-state index is 9.90. The van der Waals surface area contributed by atoms with Gasteiger partial charge in [0, 0.05) is 24.8 Å². The molecule has 0 atom stereocenters. The summed E-state index contributed by atoms with van der Waals surface area (Å²) < 4.78 is 11.9. The van der Waals surface area contributed by atoms with Gasteiger partial charge in [0.05, 0.1) is 11.2 Å². The Morgan fingerprint density at radius 3 is 2.04 bits per heavy atom. The van der Waals surface area contributed by atoms with Crippen LogP contribution in [-0.2, 0) is 9.31 Å². The largest absolute Gasteiger partial charge is 0.496 e. The monoisotopic (exact) mass is 338 g/mol. The number of nitrogens with one attached hydrogen (secondary N) is 1. The molecule has 0 aliphatic carbocycles. The first-order valence-electron chi connectivity index (χ1n) is 8.02. The molecule has 0 saturated carbocycles. The summed E-state index contributed by atoms with van der Waals surface area (Å²) >= 11 is 0. The van der Waals surface area contributed by atoms with E-state index in [-0.39, 0.29) is 25.3 Å². The van der Waals surface area contributed by atoms with Gasteiger partial charge in [0.25, 0.3) is 0 Å². The molecule has 0 aromatic carbocycles. The van der Waals surface area contributed by atoms with Crippen molar-refractivity contribution in [2.75, 3.05) is 0 Å². The smallest absolute Gasteiger partial charge is 0.465 e. The van der Waals surface area contributed by atoms with Crippen LogP contribution in [0.15, 0.2) is 18.5 Å². The van der Waals surface area contributed by atoms with Crippen LogP contribution in [0, 0.1) is 6.92 Å². The van der Waals surface area contributed by atoms with Crippen LogP contribution in [-0.4, -0.2) is 40.0 Å². The molecule has 1 aromatic heterocycles. The van der Waals surface area contributed by atoms with Gasteiger partial charge in [-0.25, -0.2) is 4.79 Å². The third-order valence-electron chi connectivity index (χ3n) is 3.90. The van der Waals surface area contributed by atoms with Gasteiger partial charge in [-0.15, -0.1) is 0 Å². The Morgan fingerprint density at radius 1 is 1.21 bits per heavy atom. The fourth-order valence-corrected chi connectivity index (χ4v) is 2.01. The number of hydrogen-bond donors (Lipinski definition) is 2. The number of nitrogens with zero attached hydrogens (tertiary/aromatic N) is 1. The van der Waals surface area contributed by atoms with Gasteiger partial charge in [-0.05, 0) is 61.0 Å². The van der Waals surface area contributed by atoms with Crippen molar-refractivity contribution >= 4 is 18.7 Å². The predicted molar refractivity (Wildman–Crippen MR) is 97.7 cm³/mol. The van der Waals surface area contributed by atoms with Crippen LogP contribution in [0.25, 0.3) is 0 Å². The lowest BCUT2D eigenvalue weighted by Crippen LogP contribution is -2.41. The minimum Gasteiger partial charge on any atom is -0.465 e. The average molecular weight is 338 g/mol. The van der Waals surface area contributed by atoms with Crippen molar-refractivity contribution in [3.05, 3.63) is 24.0 Å². The first kappa shape index (κ1) is 20.4. The van der Waals surface area contributed by atoms with Gasteiger partial charge in [0.1, 0.15) is 0 Å². The summed E-state index contributed by atoms with van der Waals surface area (Å²) in [5.74, 6) is 0. The molecule has 0 radical (unpaired) electrons. The van der Waals surface area contributed by atoms with Crippen molar-refractivity contribution in [1.82, 2.24) is 10.3 Å². The highest BCUT2D eigenvalue weighted by Gasteiger charge is 2.51. The van der Waals surface area contributed by atoms with Crippen molar-refractivity contribution in [2.24, 2.45) is 0 Å². The molecular weight excluding hydrogens is 307 g/mol. The second-order valence-electron chi connectivity index (χ2n) is 8.06. The fourth-order valence-electron chi connectivity index (χ4n) is 2.01. The summed E-state index contributed by atoms with van der Waals surface area (Å²) in [4.78, 5) is 14.1. The van der Waals surface area contributed by atoms with E-state index in [1.54, 1.807) is 27.0 Å². The van der Waals surface area contributed by atoms with Crippen molar-refractivity contribution in [1.29, 1.82) is 0 Å². The van der Waals surface area contributed by atoms with Gasteiger partial charge in [-0.2, -0.15) is 0 Å². The Kier molecular flexibility index (Phi) is 6.06. The molecule has 2 rings (SSSR count). The molecule has 2 N–H and O–H groups in total. The summed E-state index contributed by atoms with van der Waals surface area (Å²) in [5.41, 5.74) is 1.19. The van der Waals surface area contributed by atoms with Crippen LogP contribution in [0.1, 0.15) is 55.5 Å². The van der Waals surface area contributed by atoms with Crippen molar-refractivity contribution in [3.63, 3.8) is 0 Å². The average Bonchev–Trinajstić information content (AvgIpc) is 2.56. The first-order chi connectivity index (χ1) is 10.7. The number of aromatic nitrogens is 1. The zero-order valence-corrected chi connectivity index (χ0v) is 15.9. The molecule has 1 aromatic rings. The third kappa shape index (κ3) is 5.80. The Balaban J connectivity index is 0.000000552. The molecule has 0 spiro atoms. The first-order valence-corrected chi connectivity index (χ1v) is 8.02. The minimum absolute atomic E-state index is 0. The zero-order valence-electron chi connectivity index (χ0n) is 15.9. The molecule has 6 nitrogen and oxygen atoms in total. The number of hydrogen-bond acceptors (Lipinski definition) is 4. The van der Waals surface area contributed by atoms with E-state index >= 15 is 0 Å². The summed E-state index contributed by atoms with van der Waals surface area (Å²) in [7, 11) is -0.308. The second-order valence-corrected chi connectivity index (χ2v) is 8.06. The highest BCUT2D eigenvalue weighted by molar-refractivity contribution is 6.62. The molecule has 136 valence electrons. The van der Waals surface area contributed by atoms with E-state index in [2.05, 4.69) is 44.1 Å². The molecule has 2 heterocycles. The lowest BCUT2D eigenvalue weighted by atomic mass is 9.80. The van der Waals surface area contributed by atoms with E-state index in [0.29, 0.717) is 0 Å². The number of carboxylic acid groups (broad SMARTS) is 1. The van der Waals surface area contributed by atoms with Gasteiger partial charge >= 0.3 is 13.2 Å². The Bertz CT molecular complexity index is 572. The van der Waals surface area contributed by atoms with Gasteiger partial charge in [0.15, 0.2) is 0 Å². The van der Waals surface area contributed by atoms with Gasteiger partial charge in [0.2, 0.25) is 0 Å².